The first kappa shape index (κ1) is 79.5. The molecule has 0 spiro atoms. The zero-order valence-electron chi connectivity index (χ0n) is 70.8. The van der Waals surface area contributed by atoms with Crippen molar-refractivity contribution >= 4 is 92.0 Å². The molecule has 4 heterocycles. The van der Waals surface area contributed by atoms with Gasteiger partial charge in [-0.3, -0.25) is 9.59 Å². The SMILES string of the molecule is Cc1cc(-[s+]2c3ccccc3c3ccccc32)cc(C)c1OCOC1C2CC3CC(C2)CC1C3.Cc1cc([S+]2CCCC2)cc(C)c1OC(=O)C12CC3CC(CC(C3)C1)C2.Cc1cc([S+]2CCCCC2)cc(C)c1OC(=O)C12CC3CC(CC(C3)C1)C2.O=C(COc1ccc([S+]2CCCC2)c2ccccc12)OC1C2CC3CC(C2)CC1C3. The van der Waals surface area contributed by atoms with E-state index in [0.717, 1.165) is 160 Å². The van der Waals surface area contributed by atoms with Gasteiger partial charge in [0.25, 0.3) is 0 Å². The predicted octanol–water partition coefficient (Wildman–Crippen LogP) is 24.7. The van der Waals surface area contributed by atoms with E-state index >= 15 is 0 Å². The number of fused-ring (bicyclic) bond motifs is 4. The zero-order chi connectivity index (χ0) is 79.4. The molecule has 0 atom stereocenters. The fourth-order valence-electron chi connectivity index (χ4n) is 28.1. The first-order valence-corrected chi connectivity index (χ1v) is 52.2. The molecule has 0 amide bonds. The summed E-state index contributed by atoms with van der Waals surface area (Å²) in [4.78, 5) is 45.1. The maximum absolute atomic E-state index is 13.3. The molecule has 117 heavy (non-hydrogen) atoms. The molecule has 19 fully saturated rings. The topological polar surface area (TPSA) is 107 Å². The minimum absolute atomic E-state index is 0.0118. The Morgan fingerprint density at radius 2 is 0.701 bits per heavy atom. The van der Waals surface area contributed by atoms with Gasteiger partial charge in [0.15, 0.2) is 42.4 Å². The minimum Gasteiger partial charge on any atom is -0.481 e. The van der Waals surface area contributed by atoms with Crippen LogP contribution in [0.4, 0.5) is 0 Å². The van der Waals surface area contributed by atoms with E-state index in [-0.39, 0.29) is 51.9 Å². The number of hydrogen-bond acceptors (Lipinski definition) is 9. The largest absolute Gasteiger partial charge is 0.481 e. The molecule has 16 saturated carbocycles. The summed E-state index contributed by atoms with van der Waals surface area (Å²) < 4.78 is 39.9. The summed E-state index contributed by atoms with van der Waals surface area (Å²) in [7, 11) is 1.11. The van der Waals surface area contributed by atoms with Gasteiger partial charge in [0.2, 0.25) is 0 Å². The number of carbonyl (C=O) groups excluding carboxylic acids is 3. The summed E-state index contributed by atoms with van der Waals surface area (Å²) in [5.41, 5.74) is 6.69. The summed E-state index contributed by atoms with van der Waals surface area (Å²) in [6, 6.07) is 44.4. The maximum atomic E-state index is 13.3. The Balaban J connectivity index is 0.000000101. The second kappa shape index (κ2) is 33.4. The van der Waals surface area contributed by atoms with E-state index in [1.165, 1.54) is 238 Å². The first-order valence-electron chi connectivity index (χ1n) is 46.3. The Morgan fingerprint density at radius 3 is 1.13 bits per heavy atom. The number of rotatable bonds is 16. The standard InChI is InChI=1S/C31H33O2S.C26H31O3S.C24H33O2S.C23H31O2S/c1-19-11-25(34-28-9-5-3-7-26(28)27-8-4-6-10-29(27)34)12-20(2)30(19)32-18-33-31-23-14-21-13-22(16-23)17-24(31)15-21;27-25(29-26-19-12-17-11-18(14-19)15-20(26)13-17)16-28-23-7-8-24(30-9-3-4-10-30)22-6-2-1-5-21(22)23;1-16-8-21(27-6-4-3-5-7-27)9-17(2)22(16)26-23(25)24-13-18-10-19(14-24)12-20(11-18)15-24;1-15-7-20(26-5-3-4-6-26)8-16(2)21(15)25-22(24)23-12-17-9-18(13-23)11-19(10-17)14-23/h3-12,21-24,31H,13-18H2,1-2H3;1-2,5-8,17-20,26H,3-4,9-16H2;8-9,18-20H,3-7,10-15H2,1-2H3;7-8,17-19H,3-6,9-14H2,1-2H3/q4*+1. The first-order chi connectivity index (χ1) is 56.9. The molecule has 3 aliphatic heterocycles. The highest BCUT2D eigenvalue weighted by molar-refractivity contribution is 7.97. The predicted molar refractivity (Wildman–Crippen MR) is 481 cm³/mol. The van der Waals surface area contributed by atoms with Crippen LogP contribution >= 0.6 is 10.5 Å². The molecule has 13 heteroatoms. The van der Waals surface area contributed by atoms with Gasteiger partial charge >= 0.3 is 17.9 Å². The number of benzene rings is 7. The molecule has 27 rings (SSSR count). The van der Waals surface area contributed by atoms with Crippen molar-refractivity contribution in [3.63, 3.8) is 0 Å². The van der Waals surface area contributed by atoms with E-state index in [4.69, 9.17) is 28.4 Å². The fourth-order valence-corrected chi connectivity index (χ4v) is 38.1. The Kier molecular flexibility index (Phi) is 22.7. The van der Waals surface area contributed by atoms with Crippen LogP contribution < -0.4 is 18.9 Å². The highest BCUT2D eigenvalue weighted by Crippen LogP contribution is 2.63. The van der Waals surface area contributed by atoms with Gasteiger partial charge in [-0.2, -0.15) is 0 Å². The van der Waals surface area contributed by atoms with Gasteiger partial charge in [0, 0.05) is 76.8 Å². The summed E-state index contributed by atoms with van der Waals surface area (Å²) in [5.74, 6) is 22.6. The minimum atomic E-state index is -0.196. The quantitative estimate of drug-likeness (QED) is 0.0405. The highest BCUT2D eigenvalue weighted by Gasteiger charge is 2.58. The summed E-state index contributed by atoms with van der Waals surface area (Å²) in [6.07, 6.45) is 38.2. The van der Waals surface area contributed by atoms with Crippen molar-refractivity contribution in [2.75, 3.05) is 47.9 Å². The van der Waals surface area contributed by atoms with Crippen LogP contribution in [0.3, 0.4) is 0 Å². The van der Waals surface area contributed by atoms with Crippen molar-refractivity contribution in [1.82, 2.24) is 0 Å². The molecule has 9 nitrogen and oxygen atoms in total. The van der Waals surface area contributed by atoms with Crippen molar-refractivity contribution in [2.45, 2.75) is 255 Å². The van der Waals surface area contributed by atoms with E-state index in [0.29, 0.717) is 57.4 Å². The van der Waals surface area contributed by atoms with Crippen LogP contribution in [0.2, 0.25) is 0 Å². The molecule has 618 valence electrons. The average molecular weight is 1650 g/mol. The third kappa shape index (κ3) is 16.0. The lowest BCUT2D eigenvalue weighted by molar-refractivity contribution is -0.172. The highest BCUT2D eigenvalue weighted by atomic mass is 32.2. The van der Waals surface area contributed by atoms with E-state index in [1.807, 2.05) is 0 Å². The lowest BCUT2D eigenvalue weighted by Gasteiger charge is -2.55. The molecule has 0 radical (unpaired) electrons. The third-order valence-electron chi connectivity index (χ3n) is 31.9. The molecular formula is C104H128O9S4+4. The molecule has 1 aromatic heterocycles. The van der Waals surface area contributed by atoms with Gasteiger partial charge in [-0.15, -0.1) is 0 Å². The van der Waals surface area contributed by atoms with E-state index in [9.17, 15) is 14.4 Å². The van der Waals surface area contributed by atoms with Gasteiger partial charge in [-0.05, 0) is 411 Å². The monoisotopic (exact) mass is 1650 g/mol. The molecule has 0 unspecified atom stereocenters. The molecule has 3 saturated heterocycles. The van der Waals surface area contributed by atoms with Crippen LogP contribution in [0, 0.1) is 135 Å². The zero-order valence-corrected chi connectivity index (χ0v) is 74.0. The number of carbonyl (C=O) groups is 3. The van der Waals surface area contributed by atoms with Crippen LogP contribution in [0.1, 0.15) is 220 Å². The summed E-state index contributed by atoms with van der Waals surface area (Å²) in [6.45, 7) is 13.3. The summed E-state index contributed by atoms with van der Waals surface area (Å²) in [5, 5.41) is 5.16. The molecule has 8 aromatic rings. The second-order valence-corrected chi connectivity index (χ2v) is 49.2. The van der Waals surface area contributed by atoms with Crippen LogP contribution in [0.25, 0.3) is 35.8 Å². The number of aryl methyl sites for hydroxylation is 6. The number of esters is 3. The smallest absolute Gasteiger partial charge is 0.344 e. The molecule has 16 bridgehead atoms. The maximum Gasteiger partial charge on any atom is 0.344 e. The van der Waals surface area contributed by atoms with Gasteiger partial charge in [0.05, 0.1) is 16.9 Å². The second-order valence-electron chi connectivity index (χ2n) is 40.4. The van der Waals surface area contributed by atoms with Crippen molar-refractivity contribution in [2.24, 2.45) is 93.7 Å². The van der Waals surface area contributed by atoms with Crippen LogP contribution in [-0.4, -0.2) is 78.0 Å². The molecule has 19 aliphatic rings. The van der Waals surface area contributed by atoms with Gasteiger partial charge in [-0.1, -0.05) is 42.5 Å². The number of thiophene rings is 1. The fraction of sp³-hybridized carbons (Fsp3) is 0.587. The van der Waals surface area contributed by atoms with Crippen molar-refractivity contribution in [3.05, 3.63) is 155 Å². The normalized spacial score (nSPS) is 32.5. The van der Waals surface area contributed by atoms with Gasteiger partial charge in [0.1, 0.15) is 63.6 Å². The molecule has 0 N–H and O–H groups in total. The Bertz CT molecular complexity index is 4780. The van der Waals surface area contributed by atoms with Crippen LogP contribution in [0.5, 0.6) is 23.0 Å². The van der Waals surface area contributed by atoms with Gasteiger partial charge < -0.3 is 28.4 Å². The van der Waals surface area contributed by atoms with E-state index in [1.54, 1.807) is 0 Å². The molecule has 16 aliphatic carbocycles. The van der Waals surface area contributed by atoms with Crippen molar-refractivity contribution in [3.8, 4) is 27.9 Å². The Hall–Kier alpha value is -5.96. The van der Waals surface area contributed by atoms with E-state index < -0.39 is 0 Å². The van der Waals surface area contributed by atoms with Crippen LogP contribution in [0.15, 0.2) is 136 Å². The lowest BCUT2D eigenvalue weighted by atomic mass is 9.49. The lowest BCUT2D eigenvalue weighted by Crippen LogP contribution is -2.51. The Labute approximate surface area is 708 Å². The van der Waals surface area contributed by atoms with Crippen LogP contribution in [-0.2, 0) is 56.5 Å². The van der Waals surface area contributed by atoms with Gasteiger partial charge in [-0.25, -0.2) is 4.79 Å². The number of hydrogen-bond donors (Lipinski definition) is 0. The third-order valence-corrected chi connectivity index (χ3v) is 41.7. The van der Waals surface area contributed by atoms with Crippen molar-refractivity contribution < 1.29 is 42.8 Å². The van der Waals surface area contributed by atoms with Crippen molar-refractivity contribution in [1.29, 1.82) is 0 Å². The Morgan fingerprint density at radius 1 is 0.350 bits per heavy atom. The summed E-state index contributed by atoms with van der Waals surface area (Å²) >= 11 is 0. The van der Waals surface area contributed by atoms with E-state index in [2.05, 4.69) is 163 Å². The molecular weight excluding hydrogens is 1520 g/mol. The average Bonchev–Trinajstić information content (AvgIpc) is 1.48. The number of ether oxygens (including phenoxy) is 6. The molecule has 7 aromatic carbocycles.